The van der Waals surface area contributed by atoms with Crippen molar-refractivity contribution in [2.45, 2.75) is 30.4 Å². The number of sulfone groups is 1. The third kappa shape index (κ3) is 5.37. The predicted molar refractivity (Wildman–Crippen MR) is 125 cm³/mol. The highest BCUT2D eigenvalue weighted by atomic mass is 32.2. The summed E-state index contributed by atoms with van der Waals surface area (Å²) in [5, 5.41) is 7.40. The van der Waals surface area contributed by atoms with Gasteiger partial charge in [0.25, 0.3) is 0 Å². The predicted octanol–water partition coefficient (Wildman–Crippen LogP) is 3.46. The molecule has 6 nitrogen and oxygen atoms in total. The molecular weight excluding hydrogens is 430 g/mol. The molecule has 1 amide bonds. The van der Waals surface area contributed by atoms with Crippen LogP contribution >= 0.6 is 11.8 Å². The van der Waals surface area contributed by atoms with Crippen LogP contribution in [-0.2, 0) is 20.4 Å². The topological polar surface area (TPSA) is 81.1 Å². The van der Waals surface area contributed by atoms with Gasteiger partial charge in [0.05, 0.1) is 28.1 Å². The number of hydrogen-bond donors (Lipinski definition) is 1. The van der Waals surface area contributed by atoms with E-state index in [-0.39, 0.29) is 28.7 Å². The summed E-state index contributed by atoms with van der Waals surface area (Å²) in [5.74, 6) is 0.689. The van der Waals surface area contributed by atoms with Gasteiger partial charge in [-0.15, -0.1) is 11.8 Å². The quantitative estimate of drug-likeness (QED) is 0.590. The number of aromatic nitrogens is 2. The van der Waals surface area contributed by atoms with Crippen molar-refractivity contribution in [3.63, 3.8) is 0 Å². The van der Waals surface area contributed by atoms with Crippen molar-refractivity contribution in [2.24, 2.45) is 0 Å². The van der Waals surface area contributed by atoms with Crippen molar-refractivity contribution in [3.05, 3.63) is 72.4 Å². The average molecular weight is 456 g/mol. The van der Waals surface area contributed by atoms with Gasteiger partial charge in [0, 0.05) is 29.1 Å². The second kappa shape index (κ2) is 9.28. The Balaban J connectivity index is 1.48. The van der Waals surface area contributed by atoms with E-state index >= 15 is 0 Å². The second-order valence-electron chi connectivity index (χ2n) is 7.71. The molecule has 4 rings (SSSR count). The van der Waals surface area contributed by atoms with Gasteiger partial charge in [-0.3, -0.25) is 4.79 Å². The number of rotatable bonds is 7. The van der Waals surface area contributed by atoms with Crippen molar-refractivity contribution in [2.75, 3.05) is 11.5 Å². The third-order valence-electron chi connectivity index (χ3n) is 5.29. The number of para-hydroxylation sites is 1. The summed E-state index contributed by atoms with van der Waals surface area (Å²) in [6, 6.07) is 19.7. The fraction of sp³-hybridized carbons (Fsp3) is 0.304. The van der Waals surface area contributed by atoms with Gasteiger partial charge in [-0.2, -0.15) is 5.10 Å². The molecule has 2 atom stereocenters. The maximum Gasteiger partial charge on any atom is 0.233 e. The zero-order valence-corrected chi connectivity index (χ0v) is 18.9. The number of amides is 1. The molecule has 2 aromatic carbocycles. The summed E-state index contributed by atoms with van der Waals surface area (Å²) in [7, 11) is -3.01. The lowest BCUT2D eigenvalue weighted by atomic mass is 10.1. The van der Waals surface area contributed by atoms with E-state index in [0.717, 1.165) is 22.5 Å². The van der Waals surface area contributed by atoms with Crippen molar-refractivity contribution in [1.82, 2.24) is 15.1 Å². The molecule has 162 valence electrons. The summed E-state index contributed by atoms with van der Waals surface area (Å²) in [4.78, 5) is 12.6. The van der Waals surface area contributed by atoms with Crippen LogP contribution < -0.4 is 5.32 Å². The molecule has 3 aromatic rings. The van der Waals surface area contributed by atoms with Crippen LogP contribution in [0, 0.1) is 0 Å². The van der Waals surface area contributed by atoms with Crippen LogP contribution in [0.1, 0.15) is 18.9 Å². The molecule has 0 bridgehead atoms. The lowest BCUT2D eigenvalue weighted by molar-refractivity contribution is -0.120. The van der Waals surface area contributed by atoms with E-state index in [9.17, 15) is 13.2 Å². The SMILES string of the molecule is C[C@@H](SCc1cn(-c2ccccc2)nc1-c1ccccc1)C(=O)N[C@H]1CCS(=O)(=O)C1. The van der Waals surface area contributed by atoms with Gasteiger partial charge in [-0.25, -0.2) is 13.1 Å². The van der Waals surface area contributed by atoms with Crippen LogP contribution in [0.5, 0.6) is 0 Å². The van der Waals surface area contributed by atoms with Gasteiger partial charge in [-0.05, 0) is 25.5 Å². The highest BCUT2D eigenvalue weighted by Gasteiger charge is 2.30. The molecule has 0 spiro atoms. The minimum absolute atomic E-state index is 0.0398. The molecule has 1 saturated heterocycles. The third-order valence-corrected chi connectivity index (χ3v) is 8.25. The molecular formula is C23H25N3O3S2. The molecule has 0 unspecified atom stereocenters. The zero-order chi connectivity index (χ0) is 21.8. The number of benzene rings is 2. The van der Waals surface area contributed by atoms with Crippen LogP contribution in [0.15, 0.2) is 66.9 Å². The number of thioether (sulfide) groups is 1. The lowest BCUT2D eigenvalue weighted by Crippen LogP contribution is -2.40. The Labute approximate surface area is 187 Å². The van der Waals surface area contributed by atoms with Gasteiger partial charge in [0.15, 0.2) is 9.84 Å². The summed E-state index contributed by atoms with van der Waals surface area (Å²) in [6.07, 6.45) is 2.51. The Hall–Kier alpha value is -2.58. The standard InChI is InChI=1S/C23H25N3O3S2/c1-17(23(27)24-20-12-13-31(28,29)16-20)30-15-19-14-26(21-10-6-3-7-11-21)25-22(19)18-8-4-2-5-9-18/h2-11,14,17,20H,12-13,15-16H2,1H3,(H,24,27)/t17-,20+/m1/s1. The lowest BCUT2D eigenvalue weighted by Gasteiger charge is -2.15. The normalized spacial score (nSPS) is 18.5. The molecule has 2 heterocycles. The van der Waals surface area contributed by atoms with Crippen LogP contribution in [0.3, 0.4) is 0 Å². The first-order valence-corrected chi connectivity index (χ1v) is 13.1. The van der Waals surface area contributed by atoms with Gasteiger partial charge in [0.2, 0.25) is 5.91 Å². The van der Waals surface area contributed by atoms with E-state index in [1.807, 2.05) is 78.5 Å². The van der Waals surface area contributed by atoms with E-state index in [0.29, 0.717) is 12.2 Å². The van der Waals surface area contributed by atoms with Crippen LogP contribution in [0.2, 0.25) is 0 Å². The molecule has 1 aliphatic rings. The Kier molecular flexibility index (Phi) is 6.48. The van der Waals surface area contributed by atoms with E-state index in [1.54, 1.807) is 0 Å². The summed E-state index contributed by atoms with van der Waals surface area (Å²) in [6.45, 7) is 1.85. The average Bonchev–Trinajstić information content (AvgIpc) is 3.36. The minimum atomic E-state index is -3.01. The van der Waals surface area contributed by atoms with E-state index in [2.05, 4.69) is 5.32 Å². The highest BCUT2D eigenvalue weighted by molar-refractivity contribution is 7.99. The fourth-order valence-electron chi connectivity index (χ4n) is 3.59. The van der Waals surface area contributed by atoms with Gasteiger partial charge < -0.3 is 5.32 Å². The summed E-state index contributed by atoms with van der Waals surface area (Å²) >= 11 is 1.52. The second-order valence-corrected chi connectivity index (χ2v) is 11.3. The molecule has 0 aliphatic carbocycles. The monoisotopic (exact) mass is 455 g/mol. The Morgan fingerprint density at radius 3 is 2.48 bits per heavy atom. The maximum absolute atomic E-state index is 12.6. The Morgan fingerprint density at radius 1 is 1.16 bits per heavy atom. The molecule has 0 radical (unpaired) electrons. The van der Waals surface area contributed by atoms with Crippen molar-refractivity contribution in [3.8, 4) is 16.9 Å². The number of nitrogens with zero attached hydrogens (tertiary/aromatic N) is 2. The number of carbonyl (C=O) groups excluding carboxylic acids is 1. The first-order valence-electron chi connectivity index (χ1n) is 10.2. The van der Waals surface area contributed by atoms with Crippen molar-refractivity contribution < 1.29 is 13.2 Å². The number of nitrogens with one attached hydrogen (secondary N) is 1. The molecule has 1 aromatic heterocycles. The largest absolute Gasteiger partial charge is 0.351 e. The Bertz CT molecular complexity index is 1150. The molecule has 1 fully saturated rings. The summed E-state index contributed by atoms with van der Waals surface area (Å²) in [5.41, 5.74) is 3.94. The summed E-state index contributed by atoms with van der Waals surface area (Å²) < 4.78 is 25.1. The molecule has 1 N–H and O–H groups in total. The number of carbonyl (C=O) groups is 1. The fourth-order valence-corrected chi connectivity index (χ4v) is 6.12. The van der Waals surface area contributed by atoms with Gasteiger partial charge in [0.1, 0.15) is 0 Å². The molecule has 31 heavy (non-hydrogen) atoms. The molecule has 1 aliphatic heterocycles. The minimum Gasteiger partial charge on any atom is -0.351 e. The van der Waals surface area contributed by atoms with Crippen LogP contribution in [0.25, 0.3) is 16.9 Å². The first-order chi connectivity index (χ1) is 14.9. The highest BCUT2D eigenvalue weighted by Crippen LogP contribution is 2.28. The first kappa shape index (κ1) is 21.6. The molecule has 8 heteroatoms. The smallest absolute Gasteiger partial charge is 0.233 e. The van der Waals surface area contributed by atoms with Crippen LogP contribution in [0.4, 0.5) is 0 Å². The van der Waals surface area contributed by atoms with Crippen LogP contribution in [-0.4, -0.2) is 46.9 Å². The van der Waals surface area contributed by atoms with Gasteiger partial charge in [-0.1, -0.05) is 48.5 Å². The van der Waals surface area contributed by atoms with Crippen molar-refractivity contribution >= 4 is 27.5 Å². The van der Waals surface area contributed by atoms with Crippen molar-refractivity contribution in [1.29, 1.82) is 0 Å². The Morgan fingerprint density at radius 2 is 1.84 bits per heavy atom. The number of hydrogen-bond acceptors (Lipinski definition) is 5. The van der Waals surface area contributed by atoms with Gasteiger partial charge >= 0.3 is 0 Å². The molecule has 0 saturated carbocycles. The van der Waals surface area contributed by atoms with E-state index in [1.165, 1.54) is 11.8 Å². The van der Waals surface area contributed by atoms with E-state index in [4.69, 9.17) is 5.10 Å². The zero-order valence-electron chi connectivity index (χ0n) is 17.3. The maximum atomic E-state index is 12.6. The van der Waals surface area contributed by atoms with E-state index < -0.39 is 9.84 Å².